The molecule has 0 unspecified atom stereocenters. The lowest BCUT2D eigenvalue weighted by Crippen LogP contribution is -2.44. The predicted octanol–water partition coefficient (Wildman–Crippen LogP) is 2.09. The number of nitrogens with zero attached hydrogens (tertiary/aromatic N) is 1. The van der Waals surface area contributed by atoms with Crippen molar-refractivity contribution in [3.05, 3.63) is 29.3 Å². The molecule has 2 aliphatic rings. The number of hydrogen-bond acceptors (Lipinski definition) is 3. The molecule has 1 aromatic rings. The molecule has 2 heterocycles. The number of aliphatic carboxylic acids is 1. The first-order valence-corrected chi connectivity index (χ1v) is 6.82. The molecular formula is C15H19NO3. The average Bonchev–Trinajstić information content (AvgIpc) is 2.45. The molecule has 0 aliphatic carbocycles. The van der Waals surface area contributed by atoms with Crippen molar-refractivity contribution in [3.8, 4) is 5.75 Å². The Bertz CT molecular complexity index is 500. The van der Waals surface area contributed by atoms with Crippen molar-refractivity contribution in [2.24, 2.45) is 5.92 Å². The normalized spacial score (nSPS) is 26.4. The van der Waals surface area contributed by atoms with Gasteiger partial charge in [-0.05, 0) is 42.5 Å². The summed E-state index contributed by atoms with van der Waals surface area (Å²) in [6.07, 6.45) is 2.70. The van der Waals surface area contributed by atoms with E-state index in [2.05, 4.69) is 17.0 Å². The zero-order chi connectivity index (χ0) is 13.4. The van der Waals surface area contributed by atoms with Gasteiger partial charge in [0, 0.05) is 19.1 Å². The van der Waals surface area contributed by atoms with Crippen molar-refractivity contribution < 1.29 is 14.6 Å². The van der Waals surface area contributed by atoms with Gasteiger partial charge in [0.05, 0.1) is 13.0 Å². The van der Waals surface area contributed by atoms with E-state index in [0.29, 0.717) is 12.6 Å². The van der Waals surface area contributed by atoms with Crippen LogP contribution in [-0.4, -0.2) is 36.2 Å². The van der Waals surface area contributed by atoms with Gasteiger partial charge in [-0.2, -0.15) is 0 Å². The highest BCUT2D eigenvalue weighted by atomic mass is 16.5. The van der Waals surface area contributed by atoms with Gasteiger partial charge in [0.25, 0.3) is 0 Å². The zero-order valence-electron chi connectivity index (χ0n) is 11.1. The third-order valence-corrected chi connectivity index (χ3v) is 4.41. The van der Waals surface area contributed by atoms with Crippen LogP contribution in [0.15, 0.2) is 18.2 Å². The zero-order valence-corrected chi connectivity index (χ0v) is 11.1. The fraction of sp³-hybridized carbons (Fsp3) is 0.533. The number of methoxy groups -OCH3 is 1. The summed E-state index contributed by atoms with van der Waals surface area (Å²) in [7, 11) is 1.69. The maximum Gasteiger partial charge on any atom is 0.307 e. The molecule has 1 N–H and O–H groups in total. The molecule has 19 heavy (non-hydrogen) atoms. The Morgan fingerprint density at radius 2 is 2.26 bits per heavy atom. The van der Waals surface area contributed by atoms with Gasteiger partial charge in [0.2, 0.25) is 0 Å². The molecule has 102 valence electrons. The van der Waals surface area contributed by atoms with Crippen molar-refractivity contribution >= 4 is 5.97 Å². The molecule has 0 spiro atoms. The van der Waals surface area contributed by atoms with Crippen LogP contribution in [0.2, 0.25) is 0 Å². The summed E-state index contributed by atoms with van der Waals surface area (Å²) in [5.41, 5.74) is 2.71. The standard InChI is InChI=1S/C15H19NO3/c1-19-12-3-4-13-10(8-12)6-7-16-9-11(15(17)18)2-5-14(13)16/h3-4,8,11,14H,2,5-7,9H2,1H3,(H,17,18)/t11-,14+/m1/s1. The summed E-state index contributed by atoms with van der Waals surface area (Å²) < 4.78 is 5.27. The molecule has 1 saturated heterocycles. The summed E-state index contributed by atoms with van der Waals surface area (Å²) in [6.45, 7) is 1.64. The SMILES string of the molecule is COc1ccc2c(c1)CCN1C[C@H](C(=O)O)CC[C@@H]21. The maximum absolute atomic E-state index is 11.1. The predicted molar refractivity (Wildman–Crippen MR) is 71.4 cm³/mol. The number of carboxylic acid groups (broad SMARTS) is 1. The highest BCUT2D eigenvalue weighted by Crippen LogP contribution is 2.39. The topological polar surface area (TPSA) is 49.8 Å². The number of benzene rings is 1. The van der Waals surface area contributed by atoms with E-state index in [1.165, 1.54) is 11.1 Å². The van der Waals surface area contributed by atoms with Crippen molar-refractivity contribution in [1.29, 1.82) is 0 Å². The second-order valence-electron chi connectivity index (χ2n) is 5.44. The summed E-state index contributed by atoms with van der Waals surface area (Å²) in [6, 6.07) is 6.67. The highest BCUT2D eigenvalue weighted by Gasteiger charge is 2.35. The molecule has 4 heteroatoms. The molecule has 3 rings (SSSR count). The lowest BCUT2D eigenvalue weighted by Gasteiger charge is -2.42. The Morgan fingerprint density at radius 1 is 1.42 bits per heavy atom. The van der Waals surface area contributed by atoms with Crippen LogP contribution in [0, 0.1) is 5.92 Å². The van der Waals surface area contributed by atoms with Gasteiger partial charge in [0.15, 0.2) is 0 Å². The van der Waals surface area contributed by atoms with Gasteiger partial charge in [-0.15, -0.1) is 0 Å². The van der Waals surface area contributed by atoms with E-state index < -0.39 is 5.97 Å². The first-order chi connectivity index (χ1) is 9.19. The van der Waals surface area contributed by atoms with Gasteiger partial charge in [-0.25, -0.2) is 0 Å². The van der Waals surface area contributed by atoms with Gasteiger partial charge < -0.3 is 9.84 Å². The number of carbonyl (C=O) groups is 1. The Morgan fingerprint density at radius 3 is 3.00 bits per heavy atom. The smallest absolute Gasteiger partial charge is 0.307 e. The van der Waals surface area contributed by atoms with E-state index in [1.54, 1.807) is 7.11 Å². The Balaban J connectivity index is 1.85. The van der Waals surface area contributed by atoms with Crippen molar-refractivity contribution in [2.75, 3.05) is 20.2 Å². The van der Waals surface area contributed by atoms with Crippen molar-refractivity contribution in [3.63, 3.8) is 0 Å². The third-order valence-electron chi connectivity index (χ3n) is 4.41. The molecule has 0 saturated carbocycles. The lowest BCUT2D eigenvalue weighted by atomic mass is 9.83. The minimum absolute atomic E-state index is 0.198. The second-order valence-corrected chi connectivity index (χ2v) is 5.44. The lowest BCUT2D eigenvalue weighted by molar-refractivity contribution is -0.144. The van der Waals surface area contributed by atoms with Crippen LogP contribution in [-0.2, 0) is 11.2 Å². The van der Waals surface area contributed by atoms with Crippen LogP contribution in [0.5, 0.6) is 5.75 Å². The number of carboxylic acids is 1. The van der Waals surface area contributed by atoms with Crippen molar-refractivity contribution in [2.45, 2.75) is 25.3 Å². The van der Waals surface area contributed by atoms with Crippen LogP contribution < -0.4 is 4.74 Å². The quantitative estimate of drug-likeness (QED) is 0.885. The second kappa shape index (κ2) is 4.85. The number of rotatable bonds is 2. The first kappa shape index (κ1) is 12.5. The van der Waals surface area contributed by atoms with Crippen LogP contribution in [0.1, 0.15) is 30.0 Å². The largest absolute Gasteiger partial charge is 0.497 e. The number of ether oxygens (including phenoxy) is 1. The Kier molecular flexibility index (Phi) is 3.19. The molecule has 2 aliphatic heterocycles. The Labute approximate surface area is 113 Å². The molecule has 0 bridgehead atoms. The van der Waals surface area contributed by atoms with E-state index in [4.69, 9.17) is 9.84 Å². The minimum atomic E-state index is -0.654. The minimum Gasteiger partial charge on any atom is -0.497 e. The van der Waals surface area contributed by atoms with Gasteiger partial charge in [0.1, 0.15) is 5.75 Å². The van der Waals surface area contributed by atoms with E-state index in [0.717, 1.165) is 31.6 Å². The highest BCUT2D eigenvalue weighted by molar-refractivity contribution is 5.70. The molecule has 0 amide bonds. The maximum atomic E-state index is 11.1. The van der Waals surface area contributed by atoms with Crippen LogP contribution in [0.4, 0.5) is 0 Å². The van der Waals surface area contributed by atoms with Gasteiger partial charge in [-0.3, -0.25) is 9.69 Å². The number of fused-ring (bicyclic) bond motifs is 3. The molecule has 4 nitrogen and oxygen atoms in total. The molecule has 2 atom stereocenters. The summed E-state index contributed by atoms with van der Waals surface area (Å²) in [4.78, 5) is 13.4. The van der Waals surface area contributed by atoms with Gasteiger partial charge >= 0.3 is 5.97 Å². The average molecular weight is 261 g/mol. The van der Waals surface area contributed by atoms with E-state index in [9.17, 15) is 4.79 Å². The number of piperidine rings is 1. The summed E-state index contributed by atoms with van der Waals surface area (Å²) in [5.74, 6) is 0.0569. The third kappa shape index (κ3) is 2.21. The molecule has 0 aromatic heterocycles. The molecule has 1 aromatic carbocycles. The molecule has 0 radical (unpaired) electrons. The van der Waals surface area contributed by atoms with Gasteiger partial charge in [-0.1, -0.05) is 6.07 Å². The van der Waals surface area contributed by atoms with Crippen LogP contribution >= 0.6 is 0 Å². The van der Waals surface area contributed by atoms with E-state index >= 15 is 0 Å². The summed E-state index contributed by atoms with van der Waals surface area (Å²) in [5, 5.41) is 9.15. The van der Waals surface area contributed by atoms with Crippen molar-refractivity contribution in [1.82, 2.24) is 4.90 Å². The monoisotopic (exact) mass is 261 g/mol. The fourth-order valence-electron chi connectivity index (χ4n) is 3.36. The summed E-state index contributed by atoms with van der Waals surface area (Å²) >= 11 is 0. The molecular weight excluding hydrogens is 242 g/mol. The van der Waals surface area contributed by atoms with Crippen LogP contribution in [0.3, 0.4) is 0 Å². The van der Waals surface area contributed by atoms with Crippen LogP contribution in [0.25, 0.3) is 0 Å². The number of hydrogen-bond donors (Lipinski definition) is 1. The first-order valence-electron chi connectivity index (χ1n) is 6.82. The molecule has 1 fully saturated rings. The fourth-order valence-corrected chi connectivity index (χ4v) is 3.36. The van der Waals surface area contributed by atoms with E-state index in [1.807, 2.05) is 6.07 Å². The Hall–Kier alpha value is -1.55. The van der Waals surface area contributed by atoms with E-state index in [-0.39, 0.29) is 5.92 Å².